The lowest BCUT2D eigenvalue weighted by atomic mass is 9.95. The number of halogens is 1. The van der Waals surface area contributed by atoms with Crippen molar-refractivity contribution in [2.75, 3.05) is 32.8 Å². The van der Waals surface area contributed by atoms with Gasteiger partial charge in [0.05, 0.1) is 4.90 Å². The molecule has 2 aliphatic rings. The Morgan fingerprint density at radius 1 is 1.21 bits per heavy atom. The van der Waals surface area contributed by atoms with Crippen molar-refractivity contribution >= 4 is 28.3 Å². The quantitative estimate of drug-likeness (QED) is 0.720. The number of hydrogen-bond donors (Lipinski definition) is 2. The van der Waals surface area contributed by atoms with E-state index >= 15 is 0 Å². The van der Waals surface area contributed by atoms with Crippen LogP contribution in [0.5, 0.6) is 11.5 Å². The zero-order valence-corrected chi connectivity index (χ0v) is 17.8. The van der Waals surface area contributed by atoms with Crippen molar-refractivity contribution in [2.45, 2.75) is 37.1 Å². The van der Waals surface area contributed by atoms with Gasteiger partial charge in [-0.25, -0.2) is 8.42 Å². The summed E-state index contributed by atoms with van der Waals surface area (Å²) in [5, 5.41) is 2.93. The first-order chi connectivity index (χ1) is 12.7. The van der Waals surface area contributed by atoms with Crippen LogP contribution in [0.2, 0.25) is 0 Å². The Hall–Kier alpha value is -1.55. The van der Waals surface area contributed by atoms with E-state index in [1.807, 2.05) is 13.8 Å². The van der Waals surface area contributed by atoms with E-state index in [-0.39, 0.29) is 29.1 Å². The minimum atomic E-state index is -3.64. The number of nitrogens with two attached hydrogens (primary N) is 1. The third-order valence-electron chi connectivity index (χ3n) is 4.95. The molecule has 1 amide bonds. The van der Waals surface area contributed by atoms with Crippen molar-refractivity contribution in [3.05, 3.63) is 18.2 Å². The van der Waals surface area contributed by atoms with Gasteiger partial charge in [0.1, 0.15) is 13.2 Å². The van der Waals surface area contributed by atoms with E-state index < -0.39 is 15.6 Å². The minimum absolute atomic E-state index is 0. The predicted molar refractivity (Wildman–Crippen MR) is 107 cm³/mol. The van der Waals surface area contributed by atoms with Crippen molar-refractivity contribution in [1.29, 1.82) is 0 Å². The number of sulfonamides is 1. The average molecular weight is 434 g/mol. The Morgan fingerprint density at radius 3 is 2.43 bits per heavy atom. The fourth-order valence-electron chi connectivity index (χ4n) is 3.18. The summed E-state index contributed by atoms with van der Waals surface area (Å²) in [6.07, 6.45) is 0.965. The lowest BCUT2D eigenvalue weighted by Gasteiger charge is -2.33. The molecule has 0 aromatic heterocycles. The Morgan fingerprint density at radius 2 is 1.82 bits per heavy atom. The van der Waals surface area contributed by atoms with E-state index in [1.165, 1.54) is 16.4 Å². The smallest absolute Gasteiger partial charge is 0.243 e. The molecule has 0 aliphatic carbocycles. The highest BCUT2D eigenvalue weighted by Gasteiger charge is 2.34. The molecule has 0 bridgehead atoms. The molecule has 2 aliphatic heterocycles. The number of carbonyl (C=O) groups excluding carboxylic acids is 1. The summed E-state index contributed by atoms with van der Waals surface area (Å²) >= 11 is 0. The van der Waals surface area contributed by atoms with Crippen molar-refractivity contribution in [2.24, 2.45) is 11.7 Å². The molecule has 1 fully saturated rings. The van der Waals surface area contributed by atoms with Crippen LogP contribution in [0.15, 0.2) is 23.1 Å². The maximum Gasteiger partial charge on any atom is 0.243 e. The molecule has 0 unspecified atom stereocenters. The SMILES string of the molecule is CC(C)(CN)NC(=O)C1CCN(S(=O)(=O)c2ccc3c(c2)OCCO3)CC1.Cl. The molecule has 3 rings (SSSR count). The molecule has 1 aromatic rings. The van der Waals surface area contributed by atoms with Crippen LogP contribution in [-0.4, -0.2) is 57.0 Å². The lowest BCUT2D eigenvalue weighted by molar-refractivity contribution is -0.127. The van der Waals surface area contributed by atoms with E-state index in [4.69, 9.17) is 15.2 Å². The first kappa shape index (κ1) is 22.7. The highest BCUT2D eigenvalue weighted by atomic mass is 35.5. The molecule has 0 spiro atoms. The number of nitrogens with one attached hydrogen (secondary N) is 1. The van der Waals surface area contributed by atoms with Gasteiger partial charge in [0.2, 0.25) is 15.9 Å². The Bertz CT molecular complexity index is 807. The van der Waals surface area contributed by atoms with Crippen LogP contribution in [0.1, 0.15) is 26.7 Å². The van der Waals surface area contributed by atoms with Crippen molar-refractivity contribution in [3.8, 4) is 11.5 Å². The second kappa shape index (κ2) is 8.86. The summed E-state index contributed by atoms with van der Waals surface area (Å²) in [6.45, 7) is 5.54. The van der Waals surface area contributed by atoms with Crippen LogP contribution in [-0.2, 0) is 14.8 Å². The second-order valence-electron chi connectivity index (χ2n) is 7.56. The number of nitrogens with zero attached hydrogens (tertiary/aromatic N) is 1. The van der Waals surface area contributed by atoms with Crippen LogP contribution >= 0.6 is 12.4 Å². The van der Waals surface area contributed by atoms with E-state index in [0.717, 1.165) is 0 Å². The summed E-state index contributed by atoms with van der Waals surface area (Å²) in [4.78, 5) is 12.6. The standard InChI is InChI=1S/C18H27N3O5S.ClH/c1-18(2,12-19)20-17(22)13-5-7-21(8-6-13)27(23,24)14-3-4-15-16(11-14)26-10-9-25-15;/h3-4,11,13H,5-10,12,19H2,1-2H3,(H,20,22);1H. The second-order valence-corrected chi connectivity index (χ2v) is 9.50. The summed E-state index contributed by atoms with van der Waals surface area (Å²) < 4.78 is 38.2. The third-order valence-corrected chi connectivity index (χ3v) is 6.84. The summed E-state index contributed by atoms with van der Waals surface area (Å²) in [5.74, 6) is 0.725. The normalized spacial score (nSPS) is 18.2. The summed E-state index contributed by atoms with van der Waals surface area (Å²) in [7, 11) is -3.64. The van der Waals surface area contributed by atoms with Gasteiger partial charge in [-0.15, -0.1) is 12.4 Å². The van der Waals surface area contributed by atoms with Crippen LogP contribution in [0, 0.1) is 5.92 Å². The van der Waals surface area contributed by atoms with Gasteiger partial charge in [-0.1, -0.05) is 0 Å². The highest BCUT2D eigenvalue weighted by Crippen LogP contribution is 2.34. The van der Waals surface area contributed by atoms with E-state index in [1.54, 1.807) is 6.07 Å². The van der Waals surface area contributed by atoms with Crippen molar-refractivity contribution in [1.82, 2.24) is 9.62 Å². The number of fused-ring (bicyclic) bond motifs is 1. The molecule has 28 heavy (non-hydrogen) atoms. The third kappa shape index (κ3) is 4.89. The number of piperidine rings is 1. The van der Waals surface area contributed by atoms with Gasteiger partial charge in [-0.2, -0.15) is 4.31 Å². The van der Waals surface area contributed by atoms with Gasteiger partial charge in [0.25, 0.3) is 0 Å². The van der Waals surface area contributed by atoms with Crippen LogP contribution in [0.25, 0.3) is 0 Å². The van der Waals surface area contributed by atoms with Gasteiger partial charge in [-0.05, 0) is 38.8 Å². The minimum Gasteiger partial charge on any atom is -0.486 e. The topological polar surface area (TPSA) is 111 Å². The molecule has 1 aromatic carbocycles. The van der Waals surface area contributed by atoms with Crippen molar-refractivity contribution < 1.29 is 22.7 Å². The summed E-state index contributed by atoms with van der Waals surface area (Å²) in [5.41, 5.74) is 5.19. The van der Waals surface area contributed by atoms with E-state index in [2.05, 4.69) is 5.32 Å². The molecule has 8 nitrogen and oxygen atoms in total. The number of rotatable bonds is 5. The van der Waals surface area contributed by atoms with Crippen LogP contribution < -0.4 is 20.5 Å². The van der Waals surface area contributed by atoms with Gasteiger partial charge >= 0.3 is 0 Å². The summed E-state index contributed by atoms with van der Waals surface area (Å²) in [6, 6.07) is 4.66. The first-order valence-electron chi connectivity index (χ1n) is 9.15. The van der Waals surface area contributed by atoms with Gasteiger partial charge < -0.3 is 20.5 Å². The molecule has 3 N–H and O–H groups in total. The first-order valence-corrected chi connectivity index (χ1v) is 10.6. The number of carbonyl (C=O) groups is 1. The van der Waals surface area contributed by atoms with Gasteiger partial charge in [0, 0.05) is 37.2 Å². The zero-order valence-electron chi connectivity index (χ0n) is 16.1. The molecular formula is C18H28ClN3O5S. The maximum atomic E-state index is 12.9. The fourth-order valence-corrected chi connectivity index (χ4v) is 4.66. The van der Waals surface area contributed by atoms with Gasteiger partial charge in [-0.3, -0.25) is 4.79 Å². The zero-order chi connectivity index (χ0) is 19.7. The van der Waals surface area contributed by atoms with Crippen LogP contribution in [0.3, 0.4) is 0 Å². The number of amides is 1. The maximum absolute atomic E-state index is 12.9. The van der Waals surface area contributed by atoms with Crippen molar-refractivity contribution in [3.63, 3.8) is 0 Å². The number of ether oxygens (including phenoxy) is 2. The molecular weight excluding hydrogens is 406 g/mol. The largest absolute Gasteiger partial charge is 0.486 e. The Balaban J connectivity index is 0.00000280. The molecule has 0 saturated carbocycles. The highest BCUT2D eigenvalue weighted by molar-refractivity contribution is 7.89. The van der Waals surface area contributed by atoms with E-state index in [9.17, 15) is 13.2 Å². The monoisotopic (exact) mass is 433 g/mol. The van der Waals surface area contributed by atoms with Crippen LogP contribution in [0.4, 0.5) is 0 Å². The predicted octanol–water partition coefficient (Wildman–Crippen LogP) is 1.13. The Kier molecular flexibility index (Phi) is 7.19. The Labute approximate surface area is 172 Å². The number of hydrogen-bond acceptors (Lipinski definition) is 6. The molecule has 1 saturated heterocycles. The molecule has 2 heterocycles. The average Bonchev–Trinajstić information content (AvgIpc) is 2.67. The van der Waals surface area contributed by atoms with E-state index in [0.29, 0.717) is 57.2 Å². The molecule has 0 atom stereocenters. The number of benzene rings is 1. The molecule has 158 valence electrons. The fraction of sp³-hybridized carbons (Fsp3) is 0.611. The van der Waals surface area contributed by atoms with Gasteiger partial charge in [0.15, 0.2) is 11.5 Å². The molecule has 0 radical (unpaired) electrons. The lowest BCUT2D eigenvalue weighted by Crippen LogP contribution is -2.52. The molecule has 10 heteroatoms.